The predicted molar refractivity (Wildman–Crippen MR) is 77.5 cm³/mol. The van der Waals surface area contributed by atoms with E-state index in [1.54, 1.807) is 25.3 Å². The maximum atomic E-state index is 11.6. The molecule has 1 N–H and O–H groups in total. The quantitative estimate of drug-likeness (QED) is 0.793. The van der Waals surface area contributed by atoms with Crippen molar-refractivity contribution < 1.29 is 19.4 Å². The number of benzene rings is 1. The molecule has 5 heteroatoms. The molecule has 20 heavy (non-hydrogen) atoms. The number of unbranched alkanes of at least 4 members (excludes halogenated alkanes) is 1. The van der Waals surface area contributed by atoms with Crippen molar-refractivity contribution in [3.05, 3.63) is 23.8 Å². The van der Waals surface area contributed by atoms with Gasteiger partial charge in [0.05, 0.1) is 14.2 Å². The maximum Gasteiger partial charge on any atom is 0.325 e. The van der Waals surface area contributed by atoms with E-state index in [2.05, 4.69) is 6.92 Å². The zero-order chi connectivity index (χ0) is 15.1. The molecule has 1 aromatic rings. The average Bonchev–Trinajstić information content (AvgIpc) is 2.44. The Hall–Kier alpha value is -1.75. The highest BCUT2D eigenvalue weighted by Crippen LogP contribution is 2.32. The summed E-state index contributed by atoms with van der Waals surface area (Å²) in [5.74, 6) is 0.285. The molecule has 5 nitrogen and oxygen atoms in total. The van der Waals surface area contributed by atoms with Gasteiger partial charge in [0, 0.05) is 5.56 Å². The van der Waals surface area contributed by atoms with Gasteiger partial charge in [-0.05, 0) is 38.2 Å². The van der Waals surface area contributed by atoms with Gasteiger partial charge in [0.25, 0.3) is 0 Å². The van der Waals surface area contributed by atoms with E-state index in [0.717, 1.165) is 12.8 Å². The minimum atomic E-state index is -0.893. The zero-order valence-corrected chi connectivity index (χ0v) is 12.5. The third kappa shape index (κ3) is 3.87. The number of methoxy groups -OCH3 is 2. The third-order valence-electron chi connectivity index (χ3n) is 3.27. The largest absolute Gasteiger partial charge is 0.497 e. The fourth-order valence-electron chi connectivity index (χ4n) is 2.15. The van der Waals surface area contributed by atoms with Crippen LogP contribution in [-0.4, -0.2) is 43.8 Å². The Labute approximate surface area is 120 Å². The van der Waals surface area contributed by atoms with Gasteiger partial charge in [0.2, 0.25) is 0 Å². The molecule has 1 unspecified atom stereocenters. The second kappa shape index (κ2) is 7.75. The topological polar surface area (TPSA) is 59.0 Å². The Bertz CT molecular complexity index is 447. The van der Waals surface area contributed by atoms with Gasteiger partial charge < -0.3 is 14.6 Å². The van der Waals surface area contributed by atoms with E-state index in [4.69, 9.17) is 9.47 Å². The van der Waals surface area contributed by atoms with Crippen LogP contribution in [0.4, 0.5) is 0 Å². The summed E-state index contributed by atoms with van der Waals surface area (Å²) in [6.45, 7) is 2.80. The first-order chi connectivity index (χ1) is 9.54. The zero-order valence-electron chi connectivity index (χ0n) is 12.5. The molecule has 112 valence electrons. The van der Waals surface area contributed by atoms with Crippen LogP contribution in [0.15, 0.2) is 18.2 Å². The van der Waals surface area contributed by atoms with E-state index in [1.807, 2.05) is 11.9 Å². The maximum absolute atomic E-state index is 11.6. The van der Waals surface area contributed by atoms with Gasteiger partial charge in [0.15, 0.2) is 0 Å². The minimum absolute atomic E-state index is 0.557. The molecule has 0 spiro atoms. The summed E-state index contributed by atoms with van der Waals surface area (Å²) in [5, 5.41) is 9.54. The van der Waals surface area contributed by atoms with Crippen LogP contribution >= 0.6 is 0 Å². The Morgan fingerprint density at radius 3 is 2.55 bits per heavy atom. The van der Waals surface area contributed by atoms with E-state index in [9.17, 15) is 9.90 Å². The number of likely N-dealkylation sites (N-methyl/N-ethyl adjacent to an activating group) is 1. The highest BCUT2D eigenvalue weighted by atomic mass is 16.5. The molecule has 0 aliphatic heterocycles. The van der Waals surface area contributed by atoms with Crippen LogP contribution < -0.4 is 9.47 Å². The van der Waals surface area contributed by atoms with Crippen molar-refractivity contribution in [2.75, 3.05) is 27.8 Å². The molecule has 0 fully saturated rings. The molecule has 1 aromatic carbocycles. The number of carboxylic acids is 1. The summed E-state index contributed by atoms with van der Waals surface area (Å²) in [6.07, 6.45) is 1.97. The summed E-state index contributed by atoms with van der Waals surface area (Å²) >= 11 is 0. The molecule has 0 heterocycles. The van der Waals surface area contributed by atoms with E-state index in [-0.39, 0.29) is 0 Å². The van der Waals surface area contributed by atoms with Crippen molar-refractivity contribution >= 4 is 5.97 Å². The normalized spacial score (nSPS) is 12.2. The number of hydrogen-bond donors (Lipinski definition) is 1. The molecule has 0 radical (unpaired) electrons. The lowest BCUT2D eigenvalue weighted by Gasteiger charge is -2.26. The summed E-state index contributed by atoms with van der Waals surface area (Å²) < 4.78 is 10.5. The Kier molecular flexibility index (Phi) is 6.31. The fraction of sp³-hybridized carbons (Fsp3) is 0.533. The number of carbonyl (C=O) groups is 1. The third-order valence-corrected chi connectivity index (χ3v) is 3.27. The second-order valence-corrected chi connectivity index (χ2v) is 4.68. The van der Waals surface area contributed by atoms with Crippen molar-refractivity contribution in [1.82, 2.24) is 4.90 Å². The lowest BCUT2D eigenvalue weighted by Crippen LogP contribution is -2.32. The monoisotopic (exact) mass is 281 g/mol. The first-order valence-electron chi connectivity index (χ1n) is 6.70. The summed E-state index contributed by atoms with van der Waals surface area (Å²) in [4.78, 5) is 13.5. The van der Waals surface area contributed by atoms with Crippen molar-refractivity contribution in [3.8, 4) is 11.5 Å². The molecular formula is C15H23NO4. The smallest absolute Gasteiger partial charge is 0.325 e. The van der Waals surface area contributed by atoms with Crippen LogP contribution in [0.3, 0.4) is 0 Å². The molecular weight excluding hydrogens is 258 g/mol. The minimum Gasteiger partial charge on any atom is -0.497 e. The molecule has 1 atom stereocenters. The van der Waals surface area contributed by atoms with Crippen LogP contribution in [0.2, 0.25) is 0 Å². The SMILES string of the molecule is CCCCN(C)C(C(=O)O)c1cc(OC)ccc1OC. The highest BCUT2D eigenvalue weighted by Gasteiger charge is 2.27. The lowest BCUT2D eigenvalue weighted by molar-refractivity contribution is -0.143. The molecule has 0 aliphatic rings. The summed E-state index contributed by atoms with van der Waals surface area (Å²) in [7, 11) is 4.91. The van der Waals surface area contributed by atoms with Crippen molar-refractivity contribution in [1.29, 1.82) is 0 Å². The summed E-state index contributed by atoms with van der Waals surface area (Å²) in [6, 6.07) is 4.47. The molecule has 0 aliphatic carbocycles. The van der Waals surface area contributed by atoms with Gasteiger partial charge in [-0.2, -0.15) is 0 Å². The van der Waals surface area contributed by atoms with Crippen LogP contribution in [0, 0.1) is 0 Å². The van der Waals surface area contributed by atoms with Gasteiger partial charge in [-0.15, -0.1) is 0 Å². The van der Waals surface area contributed by atoms with Gasteiger partial charge in [-0.3, -0.25) is 9.69 Å². The van der Waals surface area contributed by atoms with Crippen LogP contribution in [0.25, 0.3) is 0 Å². The number of aliphatic carboxylic acids is 1. The molecule has 0 saturated heterocycles. The van der Waals surface area contributed by atoms with Crippen LogP contribution in [0.1, 0.15) is 31.4 Å². The first-order valence-corrected chi connectivity index (χ1v) is 6.70. The number of hydrogen-bond acceptors (Lipinski definition) is 4. The molecule has 1 rings (SSSR count). The average molecular weight is 281 g/mol. The van der Waals surface area contributed by atoms with Crippen LogP contribution in [-0.2, 0) is 4.79 Å². The molecule has 0 amide bonds. The van der Waals surface area contributed by atoms with Crippen molar-refractivity contribution in [3.63, 3.8) is 0 Å². The van der Waals surface area contributed by atoms with Gasteiger partial charge >= 0.3 is 5.97 Å². The van der Waals surface area contributed by atoms with Gasteiger partial charge in [0.1, 0.15) is 17.5 Å². The second-order valence-electron chi connectivity index (χ2n) is 4.68. The number of nitrogens with zero attached hydrogens (tertiary/aromatic N) is 1. The fourth-order valence-corrected chi connectivity index (χ4v) is 2.15. The molecule has 0 bridgehead atoms. The van der Waals surface area contributed by atoms with Crippen LogP contribution in [0.5, 0.6) is 11.5 Å². The van der Waals surface area contributed by atoms with Gasteiger partial charge in [-0.25, -0.2) is 0 Å². The molecule has 0 saturated carbocycles. The summed E-state index contributed by atoms with van der Waals surface area (Å²) in [5.41, 5.74) is 0.609. The Balaban J connectivity index is 3.15. The van der Waals surface area contributed by atoms with E-state index < -0.39 is 12.0 Å². The van der Waals surface area contributed by atoms with E-state index in [0.29, 0.717) is 23.6 Å². The predicted octanol–water partition coefficient (Wildman–Crippen LogP) is 2.56. The molecule has 0 aromatic heterocycles. The Morgan fingerprint density at radius 2 is 2.05 bits per heavy atom. The van der Waals surface area contributed by atoms with Crippen molar-refractivity contribution in [2.45, 2.75) is 25.8 Å². The lowest BCUT2D eigenvalue weighted by atomic mass is 10.0. The first kappa shape index (κ1) is 16.3. The van der Waals surface area contributed by atoms with E-state index >= 15 is 0 Å². The Morgan fingerprint density at radius 1 is 1.35 bits per heavy atom. The highest BCUT2D eigenvalue weighted by molar-refractivity contribution is 5.77. The van der Waals surface area contributed by atoms with Gasteiger partial charge in [-0.1, -0.05) is 13.3 Å². The number of rotatable bonds is 8. The van der Waals surface area contributed by atoms with E-state index in [1.165, 1.54) is 7.11 Å². The standard InChI is InChI=1S/C15H23NO4/c1-5-6-9-16(2)14(15(17)18)12-10-11(19-3)7-8-13(12)20-4/h7-8,10,14H,5-6,9H2,1-4H3,(H,17,18). The number of ether oxygens (including phenoxy) is 2. The van der Waals surface area contributed by atoms with Crippen molar-refractivity contribution in [2.24, 2.45) is 0 Å². The number of carboxylic acid groups (broad SMARTS) is 1.